The molecule has 10 heteroatoms. The highest BCUT2D eigenvalue weighted by Crippen LogP contribution is 2.11. The van der Waals surface area contributed by atoms with Gasteiger partial charge in [-0.1, -0.05) is 36.8 Å². The molecule has 0 aliphatic heterocycles. The van der Waals surface area contributed by atoms with Crippen LogP contribution in [-0.2, 0) is 15.9 Å². The maximum absolute atomic E-state index is 11.6. The first-order chi connectivity index (χ1) is 17.6. The Bertz CT molecular complexity index is 919. The van der Waals surface area contributed by atoms with Crippen LogP contribution in [0.4, 0.5) is 21.0 Å². The minimum Gasteiger partial charge on any atom is -0.448 e. The Morgan fingerprint density at radius 3 is 1.46 bits per heavy atom. The average Bonchev–Trinajstić information content (AvgIpc) is 2.86. The lowest BCUT2D eigenvalue weighted by molar-refractivity contribution is 0.0873. The maximum atomic E-state index is 11.6. The zero-order valence-corrected chi connectivity index (χ0v) is 22.7. The standard InChI is InChI=1S/C14H22N2O3.C13H20N2O3/c1-4-11-5-7-12(8-6-11)15-14(18)19-10-13(9-17)16(2)3;1-10-4-6-11(7-5-10)14-13(17)18-9-12(8-16)15(2)3/h5-8,13,17H,4,9-10H2,1-3H3,(H,15,18);4-7,12,16H,8-9H2,1-3H3,(H,14,17). The molecule has 2 atom stereocenters. The molecule has 0 bridgehead atoms. The molecule has 206 valence electrons. The van der Waals surface area contributed by atoms with Crippen molar-refractivity contribution in [2.24, 2.45) is 0 Å². The first-order valence-corrected chi connectivity index (χ1v) is 12.2. The summed E-state index contributed by atoms with van der Waals surface area (Å²) >= 11 is 0. The molecule has 37 heavy (non-hydrogen) atoms. The van der Waals surface area contributed by atoms with Gasteiger partial charge in [0, 0.05) is 11.4 Å². The van der Waals surface area contributed by atoms with Crippen molar-refractivity contribution in [1.82, 2.24) is 9.80 Å². The van der Waals surface area contributed by atoms with Crippen LogP contribution in [0.5, 0.6) is 0 Å². The minimum absolute atomic E-state index is 0.0501. The van der Waals surface area contributed by atoms with Gasteiger partial charge in [-0.05, 0) is 71.4 Å². The smallest absolute Gasteiger partial charge is 0.411 e. The van der Waals surface area contributed by atoms with Gasteiger partial charge in [-0.15, -0.1) is 0 Å². The summed E-state index contributed by atoms with van der Waals surface area (Å²) in [5, 5.41) is 23.5. The van der Waals surface area contributed by atoms with Crippen LogP contribution in [0.2, 0.25) is 0 Å². The second-order valence-electron chi connectivity index (χ2n) is 8.96. The Labute approximate surface area is 220 Å². The summed E-state index contributed by atoms with van der Waals surface area (Å²) in [5.41, 5.74) is 3.73. The summed E-state index contributed by atoms with van der Waals surface area (Å²) in [7, 11) is 7.29. The SMILES string of the molecule is CCc1ccc(NC(=O)OCC(CO)N(C)C)cc1.Cc1ccc(NC(=O)OCC(CO)N(C)C)cc1. The number of carbonyl (C=O) groups excluding carboxylic acids is 2. The summed E-state index contributed by atoms with van der Waals surface area (Å²) in [6.45, 7) is 4.26. The van der Waals surface area contributed by atoms with E-state index in [0.29, 0.717) is 11.4 Å². The van der Waals surface area contributed by atoms with Crippen molar-refractivity contribution in [1.29, 1.82) is 0 Å². The topological polar surface area (TPSA) is 124 Å². The Kier molecular flexibility index (Phi) is 14.9. The highest BCUT2D eigenvalue weighted by molar-refractivity contribution is 5.85. The first-order valence-electron chi connectivity index (χ1n) is 12.2. The van der Waals surface area contributed by atoms with Gasteiger partial charge < -0.3 is 29.5 Å². The predicted octanol–water partition coefficient (Wildman–Crippen LogP) is 3.19. The Morgan fingerprint density at radius 2 is 1.14 bits per heavy atom. The third-order valence-corrected chi connectivity index (χ3v) is 5.60. The predicted molar refractivity (Wildman–Crippen MR) is 146 cm³/mol. The van der Waals surface area contributed by atoms with Crippen LogP contribution in [0.25, 0.3) is 0 Å². The summed E-state index contributed by atoms with van der Waals surface area (Å²) in [6, 6.07) is 14.7. The fourth-order valence-electron chi connectivity index (χ4n) is 2.84. The molecule has 4 N–H and O–H groups in total. The second-order valence-corrected chi connectivity index (χ2v) is 8.96. The van der Waals surface area contributed by atoms with Gasteiger partial charge in [0.1, 0.15) is 13.2 Å². The zero-order chi connectivity index (χ0) is 27.8. The van der Waals surface area contributed by atoms with E-state index in [2.05, 4.69) is 17.6 Å². The van der Waals surface area contributed by atoms with Crippen molar-refractivity contribution in [3.05, 3.63) is 59.7 Å². The lowest BCUT2D eigenvalue weighted by Gasteiger charge is -2.21. The average molecular weight is 519 g/mol. The molecule has 0 spiro atoms. The molecule has 2 unspecified atom stereocenters. The van der Waals surface area contributed by atoms with Crippen LogP contribution in [-0.4, -0.2) is 98.9 Å². The van der Waals surface area contributed by atoms with Gasteiger partial charge in [-0.25, -0.2) is 9.59 Å². The number of benzene rings is 2. The van der Waals surface area contributed by atoms with Crippen LogP contribution < -0.4 is 10.6 Å². The Hall–Kier alpha value is -3.18. The Balaban J connectivity index is 0.000000371. The number of anilines is 2. The van der Waals surface area contributed by atoms with Gasteiger partial charge in [0.2, 0.25) is 0 Å². The molecule has 10 nitrogen and oxygen atoms in total. The van der Waals surface area contributed by atoms with E-state index in [0.717, 1.165) is 12.0 Å². The molecule has 0 fully saturated rings. The number of carbonyl (C=O) groups is 2. The summed E-state index contributed by atoms with van der Waals surface area (Å²) < 4.78 is 10.1. The normalized spacial score (nSPS) is 12.3. The number of rotatable bonds is 11. The van der Waals surface area contributed by atoms with E-state index in [1.165, 1.54) is 5.56 Å². The Morgan fingerprint density at radius 1 is 0.757 bits per heavy atom. The van der Waals surface area contributed by atoms with Gasteiger partial charge in [-0.2, -0.15) is 0 Å². The number of aryl methyl sites for hydroxylation is 2. The van der Waals surface area contributed by atoms with Gasteiger partial charge in [-0.3, -0.25) is 10.6 Å². The van der Waals surface area contributed by atoms with Crippen LogP contribution in [0.15, 0.2) is 48.5 Å². The first kappa shape index (κ1) is 31.8. The van der Waals surface area contributed by atoms with Gasteiger partial charge in [0.15, 0.2) is 0 Å². The van der Waals surface area contributed by atoms with Gasteiger partial charge >= 0.3 is 12.2 Å². The number of amides is 2. The molecule has 2 rings (SSSR count). The molecule has 0 saturated heterocycles. The van der Waals surface area contributed by atoms with Gasteiger partial charge in [0.25, 0.3) is 0 Å². The number of ether oxygens (including phenoxy) is 2. The number of likely N-dealkylation sites (N-methyl/N-ethyl adjacent to an activating group) is 2. The molecule has 2 aromatic carbocycles. The van der Waals surface area contributed by atoms with E-state index in [-0.39, 0.29) is 38.5 Å². The fourth-order valence-corrected chi connectivity index (χ4v) is 2.84. The number of nitrogens with zero attached hydrogens (tertiary/aromatic N) is 2. The molecule has 0 saturated carbocycles. The molecule has 2 aromatic rings. The summed E-state index contributed by atoms with van der Waals surface area (Å²) in [4.78, 5) is 26.7. The van der Waals surface area contributed by atoms with Crippen molar-refractivity contribution in [2.45, 2.75) is 32.4 Å². The van der Waals surface area contributed by atoms with Crippen molar-refractivity contribution >= 4 is 23.6 Å². The van der Waals surface area contributed by atoms with Crippen LogP contribution in [0, 0.1) is 6.92 Å². The largest absolute Gasteiger partial charge is 0.448 e. The van der Waals surface area contributed by atoms with E-state index in [1.807, 2.05) is 88.5 Å². The maximum Gasteiger partial charge on any atom is 0.411 e. The molecule has 0 aliphatic carbocycles. The van der Waals surface area contributed by atoms with Crippen molar-refractivity contribution in [3.8, 4) is 0 Å². The van der Waals surface area contributed by atoms with E-state index in [9.17, 15) is 9.59 Å². The van der Waals surface area contributed by atoms with Crippen LogP contribution >= 0.6 is 0 Å². The van der Waals surface area contributed by atoms with E-state index in [1.54, 1.807) is 4.90 Å². The number of aliphatic hydroxyl groups excluding tert-OH is 2. The molecule has 0 aliphatic rings. The third kappa shape index (κ3) is 13.1. The summed E-state index contributed by atoms with van der Waals surface area (Å²) in [6.07, 6.45) is -0.0603. The third-order valence-electron chi connectivity index (χ3n) is 5.60. The number of hydrogen-bond donors (Lipinski definition) is 4. The molecule has 0 radical (unpaired) electrons. The quantitative estimate of drug-likeness (QED) is 0.358. The highest BCUT2D eigenvalue weighted by Gasteiger charge is 2.14. The highest BCUT2D eigenvalue weighted by atomic mass is 16.6. The van der Waals surface area contributed by atoms with Crippen molar-refractivity contribution in [2.75, 3.05) is 65.3 Å². The zero-order valence-electron chi connectivity index (χ0n) is 22.7. The molecule has 0 aromatic heterocycles. The molecule has 2 amide bonds. The van der Waals surface area contributed by atoms with E-state index >= 15 is 0 Å². The number of nitrogens with one attached hydrogen (secondary N) is 2. The second kappa shape index (κ2) is 17.3. The number of hydrogen-bond acceptors (Lipinski definition) is 8. The fraction of sp³-hybridized carbons (Fsp3) is 0.481. The molecular formula is C27H42N4O6. The van der Waals surface area contributed by atoms with Crippen LogP contribution in [0.3, 0.4) is 0 Å². The molecular weight excluding hydrogens is 476 g/mol. The monoisotopic (exact) mass is 518 g/mol. The van der Waals surface area contributed by atoms with Crippen LogP contribution in [0.1, 0.15) is 18.1 Å². The van der Waals surface area contributed by atoms with Crippen molar-refractivity contribution in [3.63, 3.8) is 0 Å². The lowest BCUT2D eigenvalue weighted by Crippen LogP contribution is -2.37. The van der Waals surface area contributed by atoms with Gasteiger partial charge in [0.05, 0.1) is 25.3 Å². The lowest BCUT2D eigenvalue weighted by atomic mass is 10.1. The van der Waals surface area contributed by atoms with E-state index in [4.69, 9.17) is 19.7 Å². The number of aliphatic hydroxyl groups is 2. The van der Waals surface area contributed by atoms with Crippen molar-refractivity contribution < 1.29 is 29.3 Å². The summed E-state index contributed by atoms with van der Waals surface area (Å²) in [5.74, 6) is 0. The minimum atomic E-state index is -0.515. The van der Waals surface area contributed by atoms with E-state index < -0.39 is 12.2 Å². The molecule has 0 heterocycles.